The lowest BCUT2D eigenvalue weighted by Crippen LogP contribution is -2.61. The van der Waals surface area contributed by atoms with Gasteiger partial charge >= 0.3 is 0 Å². The molecule has 0 spiro atoms. The highest BCUT2D eigenvalue weighted by Gasteiger charge is 2.47. The van der Waals surface area contributed by atoms with Crippen LogP contribution >= 0.6 is 0 Å². The van der Waals surface area contributed by atoms with Crippen LogP contribution in [0.5, 0.6) is 0 Å². The molecule has 6 nitrogen and oxygen atoms in total. The Morgan fingerprint density at radius 1 is 0.618 bits per heavy atom. The van der Waals surface area contributed by atoms with Gasteiger partial charge < -0.3 is 28.8 Å². The summed E-state index contributed by atoms with van der Waals surface area (Å²) in [5.74, 6) is 0. The van der Waals surface area contributed by atoms with Gasteiger partial charge in [0.1, 0.15) is 24.4 Å². The van der Waals surface area contributed by atoms with Crippen LogP contribution in [0.3, 0.4) is 0 Å². The van der Waals surface area contributed by atoms with Gasteiger partial charge in [0.2, 0.25) is 0 Å². The quantitative estimate of drug-likeness (QED) is 0.461. The van der Waals surface area contributed by atoms with Gasteiger partial charge in [0.25, 0.3) is 0 Å². The number of hydrogen-bond donors (Lipinski definition) is 1. The van der Waals surface area contributed by atoms with Crippen LogP contribution in [0, 0.1) is 0 Å². The molecule has 0 unspecified atom stereocenters. The van der Waals surface area contributed by atoms with Crippen molar-refractivity contribution >= 4 is 0 Å². The Kier molecular flexibility index (Phi) is 9.21. The number of ether oxygens (including phenoxy) is 5. The molecule has 1 fully saturated rings. The molecule has 5 atom stereocenters. The molecule has 1 heterocycles. The SMILES string of the molecule is COC[C@H]1O[C@H](O)[C@@H](OCc2ccccc2)[C@@H](OCc2ccccc2)[C@@H]1OCc1ccccc1. The number of aliphatic hydroxyl groups is 1. The Morgan fingerprint density at radius 3 is 1.47 bits per heavy atom. The molecule has 4 rings (SSSR count). The van der Waals surface area contributed by atoms with E-state index in [9.17, 15) is 5.11 Å². The van der Waals surface area contributed by atoms with Crippen molar-refractivity contribution in [2.75, 3.05) is 13.7 Å². The van der Waals surface area contributed by atoms with Crippen molar-refractivity contribution in [3.05, 3.63) is 108 Å². The Balaban J connectivity index is 1.55. The first-order chi connectivity index (χ1) is 16.7. The highest BCUT2D eigenvalue weighted by Crippen LogP contribution is 2.29. The minimum Gasteiger partial charge on any atom is -0.382 e. The van der Waals surface area contributed by atoms with Crippen molar-refractivity contribution in [3.8, 4) is 0 Å². The summed E-state index contributed by atoms with van der Waals surface area (Å²) in [6, 6.07) is 29.7. The summed E-state index contributed by atoms with van der Waals surface area (Å²) >= 11 is 0. The monoisotopic (exact) mass is 464 g/mol. The van der Waals surface area contributed by atoms with Gasteiger partial charge in [-0.15, -0.1) is 0 Å². The second-order valence-electron chi connectivity index (χ2n) is 8.30. The van der Waals surface area contributed by atoms with E-state index in [4.69, 9.17) is 23.7 Å². The third-order valence-corrected chi connectivity index (χ3v) is 5.80. The van der Waals surface area contributed by atoms with E-state index in [1.54, 1.807) is 7.11 Å². The maximum absolute atomic E-state index is 10.9. The number of hydrogen-bond acceptors (Lipinski definition) is 6. The minimum atomic E-state index is -1.18. The van der Waals surface area contributed by atoms with Crippen molar-refractivity contribution in [1.29, 1.82) is 0 Å². The molecule has 3 aromatic rings. The fourth-order valence-corrected chi connectivity index (χ4v) is 4.06. The van der Waals surface area contributed by atoms with Crippen LogP contribution in [0.4, 0.5) is 0 Å². The van der Waals surface area contributed by atoms with Gasteiger partial charge in [-0.3, -0.25) is 0 Å². The van der Waals surface area contributed by atoms with E-state index in [2.05, 4.69) is 0 Å². The lowest BCUT2D eigenvalue weighted by Gasteiger charge is -2.44. The third kappa shape index (κ3) is 6.73. The fourth-order valence-electron chi connectivity index (χ4n) is 4.06. The first-order valence-electron chi connectivity index (χ1n) is 11.5. The molecule has 0 amide bonds. The summed E-state index contributed by atoms with van der Waals surface area (Å²) < 4.78 is 30.2. The first-order valence-corrected chi connectivity index (χ1v) is 11.5. The van der Waals surface area contributed by atoms with E-state index in [1.165, 1.54) is 0 Å². The van der Waals surface area contributed by atoms with Gasteiger partial charge in [0, 0.05) is 7.11 Å². The zero-order chi connectivity index (χ0) is 23.6. The Labute approximate surface area is 201 Å². The summed E-state index contributed by atoms with van der Waals surface area (Å²) in [5.41, 5.74) is 3.06. The van der Waals surface area contributed by atoms with E-state index in [0.717, 1.165) is 16.7 Å². The van der Waals surface area contributed by atoms with Gasteiger partial charge in [-0.25, -0.2) is 0 Å². The van der Waals surface area contributed by atoms with Crippen molar-refractivity contribution in [1.82, 2.24) is 0 Å². The topological polar surface area (TPSA) is 66.4 Å². The average Bonchev–Trinajstić information content (AvgIpc) is 2.88. The maximum atomic E-state index is 10.9. The molecule has 0 saturated carbocycles. The highest BCUT2D eigenvalue weighted by molar-refractivity contribution is 5.15. The highest BCUT2D eigenvalue weighted by atomic mass is 16.7. The van der Waals surface area contributed by atoms with Crippen LogP contribution in [0.2, 0.25) is 0 Å². The molecule has 180 valence electrons. The largest absolute Gasteiger partial charge is 0.382 e. The van der Waals surface area contributed by atoms with Crippen molar-refractivity contribution in [2.45, 2.75) is 50.5 Å². The third-order valence-electron chi connectivity index (χ3n) is 5.80. The number of benzene rings is 3. The molecular formula is C28H32O6. The molecule has 1 aliphatic rings. The smallest absolute Gasteiger partial charge is 0.184 e. The predicted octanol–water partition coefficient (Wildman–Crippen LogP) is 4.11. The van der Waals surface area contributed by atoms with Crippen molar-refractivity contribution < 1.29 is 28.8 Å². The molecule has 1 N–H and O–H groups in total. The van der Waals surface area contributed by atoms with Gasteiger partial charge in [-0.05, 0) is 16.7 Å². The molecule has 1 saturated heterocycles. The predicted molar refractivity (Wildman–Crippen MR) is 128 cm³/mol. The van der Waals surface area contributed by atoms with Crippen LogP contribution in [0.25, 0.3) is 0 Å². The number of methoxy groups -OCH3 is 1. The van der Waals surface area contributed by atoms with Crippen LogP contribution in [-0.2, 0) is 43.5 Å². The molecule has 6 heteroatoms. The Bertz CT molecular complexity index is 952. The van der Waals surface area contributed by atoms with Gasteiger partial charge in [-0.2, -0.15) is 0 Å². The summed E-state index contributed by atoms with van der Waals surface area (Å²) in [5, 5.41) is 10.9. The number of aliphatic hydroxyl groups excluding tert-OH is 1. The second kappa shape index (κ2) is 12.8. The molecule has 0 radical (unpaired) electrons. The number of rotatable bonds is 11. The summed E-state index contributed by atoms with van der Waals surface area (Å²) in [4.78, 5) is 0. The van der Waals surface area contributed by atoms with Crippen LogP contribution in [0.1, 0.15) is 16.7 Å². The molecule has 0 aromatic heterocycles. The fraction of sp³-hybridized carbons (Fsp3) is 0.357. The van der Waals surface area contributed by atoms with Crippen LogP contribution < -0.4 is 0 Å². The first kappa shape index (κ1) is 24.5. The van der Waals surface area contributed by atoms with Gasteiger partial charge in [-0.1, -0.05) is 91.0 Å². The van der Waals surface area contributed by atoms with E-state index in [0.29, 0.717) is 19.8 Å². The lowest BCUT2D eigenvalue weighted by atomic mass is 9.98. The summed E-state index contributed by atoms with van der Waals surface area (Å²) in [6.45, 7) is 1.31. The zero-order valence-corrected chi connectivity index (χ0v) is 19.4. The van der Waals surface area contributed by atoms with Crippen LogP contribution in [0.15, 0.2) is 91.0 Å². The van der Waals surface area contributed by atoms with Crippen LogP contribution in [-0.4, -0.2) is 49.5 Å². The molecular weight excluding hydrogens is 432 g/mol. The average molecular weight is 465 g/mol. The van der Waals surface area contributed by atoms with Gasteiger partial charge in [0.05, 0.1) is 26.4 Å². The summed E-state index contributed by atoms with van der Waals surface area (Å²) in [7, 11) is 1.60. The molecule has 1 aliphatic heterocycles. The molecule has 0 aliphatic carbocycles. The minimum absolute atomic E-state index is 0.257. The second-order valence-corrected chi connectivity index (χ2v) is 8.30. The summed E-state index contributed by atoms with van der Waals surface area (Å²) in [6.07, 6.45) is -3.51. The Hall–Kier alpha value is -2.58. The van der Waals surface area contributed by atoms with E-state index >= 15 is 0 Å². The lowest BCUT2D eigenvalue weighted by molar-refractivity contribution is -0.316. The molecule has 0 bridgehead atoms. The standard InChI is InChI=1S/C28H32O6/c1-30-20-24-25(31-17-21-11-5-2-6-12-21)26(32-18-22-13-7-3-8-14-22)27(28(29)34-24)33-19-23-15-9-4-10-16-23/h2-16,24-29H,17-20H2,1H3/t24-,25-,26+,27+,28+/m1/s1. The van der Waals surface area contributed by atoms with Gasteiger partial charge in [0.15, 0.2) is 6.29 Å². The van der Waals surface area contributed by atoms with E-state index in [1.807, 2.05) is 91.0 Å². The van der Waals surface area contributed by atoms with Crippen molar-refractivity contribution in [2.24, 2.45) is 0 Å². The zero-order valence-electron chi connectivity index (χ0n) is 19.4. The van der Waals surface area contributed by atoms with E-state index < -0.39 is 30.7 Å². The normalized spacial score (nSPS) is 24.7. The Morgan fingerprint density at radius 2 is 1.03 bits per heavy atom. The molecule has 3 aromatic carbocycles. The maximum Gasteiger partial charge on any atom is 0.184 e. The van der Waals surface area contributed by atoms with Crippen molar-refractivity contribution in [3.63, 3.8) is 0 Å². The van der Waals surface area contributed by atoms with E-state index in [-0.39, 0.29) is 6.61 Å². The molecule has 34 heavy (non-hydrogen) atoms.